The Labute approximate surface area is 179 Å². The first-order valence-electron chi connectivity index (χ1n) is 9.11. The summed E-state index contributed by atoms with van der Waals surface area (Å²) in [4.78, 5) is 8.73. The number of halogens is 1. The van der Waals surface area contributed by atoms with E-state index in [-0.39, 0.29) is 24.0 Å². The first kappa shape index (κ1) is 23.3. The Hall–Kier alpha value is -1.77. The van der Waals surface area contributed by atoms with E-state index in [1.807, 2.05) is 18.5 Å². The zero-order valence-electron chi connectivity index (χ0n) is 17.0. The van der Waals surface area contributed by atoms with Gasteiger partial charge in [0.05, 0.1) is 13.7 Å². The minimum Gasteiger partial charge on any atom is -0.496 e. The van der Waals surface area contributed by atoms with Gasteiger partial charge in [-0.15, -0.1) is 24.0 Å². The zero-order chi connectivity index (χ0) is 18.9. The molecule has 0 radical (unpaired) electrons. The number of aryl methyl sites for hydroxylation is 1. The van der Waals surface area contributed by atoms with Crippen LogP contribution >= 0.6 is 24.0 Å². The van der Waals surface area contributed by atoms with E-state index in [0.29, 0.717) is 12.5 Å². The molecule has 0 unspecified atom stereocenters. The Balaban J connectivity index is 0.00000364. The number of aliphatic imine (C=N–C) groups is 1. The van der Waals surface area contributed by atoms with Gasteiger partial charge in [-0.1, -0.05) is 31.5 Å². The Bertz CT molecular complexity index is 727. The van der Waals surface area contributed by atoms with E-state index in [1.165, 1.54) is 11.1 Å². The van der Waals surface area contributed by atoms with Crippen LogP contribution in [0.1, 0.15) is 30.8 Å². The maximum Gasteiger partial charge on any atom is 0.191 e. The van der Waals surface area contributed by atoms with E-state index in [2.05, 4.69) is 58.1 Å². The average Bonchev–Trinajstić information content (AvgIpc) is 3.04. The summed E-state index contributed by atoms with van der Waals surface area (Å²) in [7, 11) is 3.49. The molecule has 0 aliphatic rings. The number of aromatic nitrogens is 2. The molecule has 0 amide bonds. The fourth-order valence-electron chi connectivity index (χ4n) is 2.87. The third kappa shape index (κ3) is 7.40. The van der Waals surface area contributed by atoms with Crippen molar-refractivity contribution in [3.63, 3.8) is 0 Å². The second-order valence-corrected chi connectivity index (χ2v) is 6.81. The molecule has 0 bridgehead atoms. The van der Waals surface area contributed by atoms with Crippen LogP contribution in [0.15, 0.2) is 35.6 Å². The van der Waals surface area contributed by atoms with E-state index in [0.717, 1.165) is 37.0 Å². The van der Waals surface area contributed by atoms with Crippen LogP contribution in [0.25, 0.3) is 0 Å². The summed E-state index contributed by atoms with van der Waals surface area (Å²) in [5.41, 5.74) is 2.43. The molecule has 0 aliphatic heterocycles. The number of imidazole rings is 1. The smallest absolute Gasteiger partial charge is 0.191 e. The molecule has 2 aromatic rings. The molecule has 0 atom stereocenters. The lowest BCUT2D eigenvalue weighted by molar-refractivity contribution is 0.409. The molecule has 7 heteroatoms. The SMILES string of the molecule is CN=C(NCCc1cc(C)ccc1OC)NCc1nccn1CC(C)C.I. The van der Waals surface area contributed by atoms with E-state index >= 15 is 0 Å². The minimum absolute atomic E-state index is 0. The summed E-state index contributed by atoms with van der Waals surface area (Å²) < 4.78 is 7.62. The second kappa shape index (κ2) is 11.8. The van der Waals surface area contributed by atoms with E-state index < -0.39 is 0 Å². The summed E-state index contributed by atoms with van der Waals surface area (Å²) in [6.07, 6.45) is 4.74. The fraction of sp³-hybridized carbons (Fsp3) is 0.500. The van der Waals surface area contributed by atoms with Gasteiger partial charge >= 0.3 is 0 Å². The zero-order valence-corrected chi connectivity index (χ0v) is 19.3. The number of hydrogen-bond acceptors (Lipinski definition) is 3. The van der Waals surface area contributed by atoms with Gasteiger partial charge in [0, 0.05) is 32.5 Å². The predicted molar refractivity (Wildman–Crippen MR) is 122 cm³/mol. The Morgan fingerprint density at radius 3 is 2.74 bits per heavy atom. The largest absolute Gasteiger partial charge is 0.496 e. The highest BCUT2D eigenvalue weighted by Gasteiger charge is 2.07. The Morgan fingerprint density at radius 2 is 2.07 bits per heavy atom. The first-order valence-corrected chi connectivity index (χ1v) is 9.11. The number of ether oxygens (including phenoxy) is 1. The number of guanidine groups is 1. The molecule has 0 spiro atoms. The molecule has 2 N–H and O–H groups in total. The Morgan fingerprint density at radius 1 is 1.30 bits per heavy atom. The van der Waals surface area contributed by atoms with Crippen molar-refractivity contribution in [2.75, 3.05) is 20.7 Å². The van der Waals surface area contributed by atoms with Crippen LogP contribution in [0.5, 0.6) is 5.75 Å². The van der Waals surface area contributed by atoms with Gasteiger partial charge in [0.1, 0.15) is 11.6 Å². The maximum atomic E-state index is 5.44. The standard InChI is InChI=1S/C20H31N5O.HI/c1-15(2)14-25-11-10-22-19(25)13-24-20(21-4)23-9-8-17-12-16(3)6-7-18(17)26-5;/h6-7,10-12,15H,8-9,13-14H2,1-5H3,(H2,21,23,24);1H. The molecule has 27 heavy (non-hydrogen) atoms. The fourth-order valence-corrected chi connectivity index (χ4v) is 2.87. The van der Waals surface area contributed by atoms with Crippen LogP contribution in [0, 0.1) is 12.8 Å². The average molecular weight is 485 g/mol. The van der Waals surface area contributed by atoms with Crippen LogP contribution < -0.4 is 15.4 Å². The minimum atomic E-state index is 0. The highest BCUT2D eigenvalue weighted by molar-refractivity contribution is 14.0. The van der Waals surface area contributed by atoms with Crippen molar-refractivity contribution >= 4 is 29.9 Å². The maximum absolute atomic E-state index is 5.44. The molecule has 0 fully saturated rings. The molecular weight excluding hydrogens is 453 g/mol. The summed E-state index contributed by atoms with van der Waals surface area (Å²) in [5.74, 6) is 3.30. The molecule has 1 aromatic carbocycles. The molecular formula is C20H32IN5O. The molecule has 1 aromatic heterocycles. The predicted octanol–water partition coefficient (Wildman–Crippen LogP) is 3.38. The highest BCUT2D eigenvalue weighted by Crippen LogP contribution is 2.19. The van der Waals surface area contributed by atoms with Crippen molar-refractivity contribution in [3.05, 3.63) is 47.5 Å². The van der Waals surface area contributed by atoms with Gasteiger partial charge in [-0.3, -0.25) is 4.99 Å². The van der Waals surface area contributed by atoms with E-state index in [4.69, 9.17) is 4.74 Å². The second-order valence-electron chi connectivity index (χ2n) is 6.81. The van der Waals surface area contributed by atoms with Crippen molar-refractivity contribution in [3.8, 4) is 5.75 Å². The molecule has 0 aliphatic carbocycles. The number of nitrogens with one attached hydrogen (secondary N) is 2. The van der Waals surface area contributed by atoms with Crippen LogP contribution in [0.3, 0.4) is 0 Å². The van der Waals surface area contributed by atoms with Gasteiger partial charge in [-0.25, -0.2) is 4.98 Å². The number of rotatable bonds is 8. The molecule has 6 nitrogen and oxygen atoms in total. The van der Waals surface area contributed by atoms with Crippen LogP contribution in [0.4, 0.5) is 0 Å². The van der Waals surface area contributed by atoms with Gasteiger partial charge in [0.25, 0.3) is 0 Å². The molecule has 1 heterocycles. The molecule has 150 valence electrons. The van der Waals surface area contributed by atoms with Crippen molar-refractivity contribution in [2.24, 2.45) is 10.9 Å². The number of benzene rings is 1. The van der Waals surface area contributed by atoms with Crippen LogP contribution in [-0.4, -0.2) is 36.2 Å². The van der Waals surface area contributed by atoms with E-state index in [1.54, 1.807) is 14.2 Å². The number of methoxy groups -OCH3 is 1. The summed E-state index contributed by atoms with van der Waals surface area (Å²) in [6.45, 7) is 8.90. The van der Waals surface area contributed by atoms with Crippen molar-refractivity contribution in [2.45, 2.75) is 40.3 Å². The molecule has 0 saturated heterocycles. The van der Waals surface area contributed by atoms with Gasteiger partial charge in [-0.2, -0.15) is 0 Å². The topological polar surface area (TPSA) is 63.5 Å². The summed E-state index contributed by atoms with van der Waals surface area (Å²) in [5, 5.41) is 6.69. The van der Waals surface area contributed by atoms with Crippen LogP contribution in [-0.2, 0) is 19.5 Å². The summed E-state index contributed by atoms with van der Waals surface area (Å²) in [6, 6.07) is 6.25. The monoisotopic (exact) mass is 485 g/mol. The third-order valence-corrected chi connectivity index (χ3v) is 4.12. The third-order valence-electron chi connectivity index (χ3n) is 4.12. The lowest BCUT2D eigenvalue weighted by atomic mass is 10.1. The normalized spacial score (nSPS) is 11.3. The van der Waals surface area contributed by atoms with Gasteiger partial charge in [-0.05, 0) is 30.9 Å². The highest BCUT2D eigenvalue weighted by atomic mass is 127. The van der Waals surface area contributed by atoms with Gasteiger partial charge < -0.3 is 19.9 Å². The van der Waals surface area contributed by atoms with Gasteiger partial charge in [0.15, 0.2) is 5.96 Å². The number of hydrogen-bond donors (Lipinski definition) is 2. The van der Waals surface area contributed by atoms with Crippen molar-refractivity contribution in [1.29, 1.82) is 0 Å². The lowest BCUT2D eigenvalue weighted by Gasteiger charge is -2.15. The summed E-state index contributed by atoms with van der Waals surface area (Å²) >= 11 is 0. The quantitative estimate of drug-likeness (QED) is 0.342. The molecule has 0 saturated carbocycles. The van der Waals surface area contributed by atoms with Crippen molar-refractivity contribution < 1.29 is 4.74 Å². The van der Waals surface area contributed by atoms with E-state index in [9.17, 15) is 0 Å². The lowest BCUT2D eigenvalue weighted by Crippen LogP contribution is -2.38. The Kier molecular flexibility index (Phi) is 10.2. The van der Waals surface area contributed by atoms with Gasteiger partial charge in [0.2, 0.25) is 0 Å². The molecule has 2 rings (SSSR count). The van der Waals surface area contributed by atoms with Crippen molar-refractivity contribution in [1.82, 2.24) is 20.2 Å². The van der Waals surface area contributed by atoms with Crippen LogP contribution in [0.2, 0.25) is 0 Å². The number of nitrogens with zero attached hydrogens (tertiary/aromatic N) is 3. The first-order chi connectivity index (χ1) is 12.5.